The van der Waals surface area contributed by atoms with Crippen LogP contribution in [0.5, 0.6) is 0 Å². The van der Waals surface area contributed by atoms with Gasteiger partial charge in [-0.05, 0) is 13.0 Å². The second-order valence-electron chi connectivity index (χ2n) is 6.51. The zero-order valence-corrected chi connectivity index (χ0v) is 16.3. The molecular weight excluding hydrogens is 344 g/mol. The number of hydrogen-bond acceptors (Lipinski definition) is 7. The first-order valence-corrected chi connectivity index (χ1v) is 9.29. The quantitative estimate of drug-likeness (QED) is 0.217. The van der Waals surface area contributed by atoms with E-state index in [9.17, 15) is 9.59 Å². The molecule has 148 valence electrons. The summed E-state index contributed by atoms with van der Waals surface area (Å²) in [7, 11) is 1.82. The van der Waals surface area contributed by atoms with Gasteiger partial charge in [0.15, 0.2) is 0 Å². The van der Waals surface area contributed by atoms with Gasteiger partial charge >= 0.3 is 5.97 Å². The first kappa shape index (κ1) is 24.1. The Balaban J connectivity index is 4.54. The molecule has 0 aliphatic heterocycles. The van der Waals surface area contributed by atoms with Crippen molar-refractivity contribution in [3.8, 4) is 0 Å². The number of likely N-dealkylation sites (N-methyl/N-ethyl adjacent to an activating group) is 1. The molecule has 0 aliphatic carbocycles. The van der Waals surface area contributed by atoms with Crippen LogP contribution < -0.4 is 16.4 Å². The normalized spacial score (nSPS) is 16.3. The predicted molar refractivity (Wildman–Crippen MR) is 102 cm³/mol. The largest absolute Gasteiger partial charge is 0.480 e. The molecule has 1 amide bonds. The number of thiol groups is 1. The summed E-state index contributed by atoms with van der Waals surface area (Å²) in [4.78, 5) is 24.9. The molecule has 0 saturated heterocycles. The molecule has 4 atom stereocenters. The van der Waals surface area contributed by atoms with Gasteiger partial charge < -0.3 is 26.6 Å². The average Bonchev–Trinajstić information content (AvgIpc) is 2.56. The SMILES string of the molecule is CC[C@@H](C)[C@@H](CN(C)CC(=O)N[C@@H](CCO)C(=O)O)NC[C@@H](N)CS. The highest BCUT2D eigenvalue weighted by Gasteiger charge is 2.22. The standard InChI is InChI=1S/C16H34N4O4S/c1-4-11(2)14(18-7-12(17)10-25)8-20(3)9-15(22)19-13(5-6-21)16(23)24/h11-14,18,21,25H,4-10,17H2,1-3H3,(H,19,22)(H,23,24)/t11-,12-,13+,14-/m1/s1. The number of aliphatic carboxylic acids is 1. The maximum atomic E-state index is 12.0. The topological polar surface area (TPSA) is 128 Å². The fourth-order valence-corrected chi connectivity index (χ4v) is 2.50. The van der Waals surface area contributed by atoms with Crippen LogP contribution in [0.25, 0.3) is 0 Å². The third kappa shape index (κ3) is 10.7. The van der Waals surface area contributed by atoms with E-state index in [0.717, 1.165) is 6.42 Å². The molecule has 0 aromatic heterocycles. The third-order valence-corrected chi connectivity index (χ3v) is 4.65. The minimum atomic E-state index is -1.15. The van der Waals surface area contributed by atoms with Crippen LogP contribution in [-0.4, -0.2) is 84.2 Å². The van der Waals surface area contributed by atoms with E-state index in [1.54, 1.807) is 0 Å². The van der Waals surface area contributed by atoms with Gasteiger partial charge in [0, 0.05) is 44.0 Å². The number of carbonyl (C=O) groups is 2. The molecule has 25 heavy (non-hydrogen) atoms. The first-order valence-electron chi connectivity index (χ1n) is 8.66. The first-order chi connectivity index (χ1) is 11.7. The number of amides is 1. The van der Waals surface area contributed by atoms with Gasteiger partial charge in [0.05, 0.1) is 6.54 Å². The molecule has 0 spiro atoms. The molecule has 9 heteroatoms. The number of carboxylic acids is 1. The lowest BCUT2D eigenvalue weighted by Gasteiger charge is -2.30. The van der Waals surface area contributed by atoms with Crippen LogP contribution >= 0.6 is 12.6 Å². The summed E-state index contributed by atoms with van der Waals surface area (Å²) in [6.45, 7) is 5.33. The third-order valence-electron chi connectivity index (χ3n) is 4.18. The Morgan fingerprint density at radius 3 is 2.48 bits per heavy atom. The van der Waals surface area contributed by atoms with E-state index < -0.39 is 12.0 Å². The van der Waals surface area contributed by atoms with Crippen molar-refractivity contribution < 1.29 is 19.8 Å². The van der Waals surface area contributed by atoms with Gasteiger partial charge in [-0.15, -0.1) is 0 Å². The fraction of sp³-hybridized carbons (Fsp3) is 0.875. The molecule has 0 unspecified atom stereocenters. The van der Waals surface area contributed by atoms with Crippen LogP contribution in [0.2, 0.25) is 0 Å². The number of nitrogens with one attached hydrogen (secondary N) is 2. The van der Waals surface area contributed by atoms with Gasteiger partial charge in [-0.2, -0.15) is 12.6 Å². The van der Waals surface area contributed by atoms with Crippen molar-refractivity contribution >= 4 is 24.5 Å². The van der Waals surface area contributed by atoms with Gasteiger partial charge in [-0.3, -0.25) is 9.69 Å². The van der Waals surface area contributed by atoms with E-state index in [1.807, 2.05) is 11.9 Å². The Morgan fingerprint density at radius 1 is 1.36 bits per heavy atom. The zero-order chi connectivity index (χ0) is 19.4. The van der Waals surface area contributed by atoms with Crippen LogP contribution in [0, 0.1) is 5.92 Å². The van der Waals surface area contributed by atoms with E-state index in [1.165, 1.54) is 0 Å². The Bertz CT molecular complexity index is 400. The Kier molecular flexibility index (Phi) is 12.9. The maximum absolute atomic E-state index is 12.0. The van der Waals surface area contributed by atoms with Crippen LogP contribution in [0.3, 0.4) is 0 Å². The number of nitrogens with two attached hydrogens (primary N) is 1. The summed E-state index contributed by atoms with van der Waals surface area (Å²) >= 11 is 4.18. The molecule has 8 nitrogen and oxygen atoms in total. The minimum absolute atomic E-state index is 0.0105. The van der Waals surface area contributed by atoms with Crippen LogP contribution in [-0.2, 0) is 9.59 Å². The highest BCUT2D eigenvalue weighted by Crippen LogP contribution is 2.09. The molecule has 0 aromatic carbocycles. The number of nitrogens with zero attached hydrogens (tertiary/aromatic N) is 1. The summed E-state index contributed by atoms with van der Waals surface area (Å²) in [5.74, 6) is -0.526. The van der Waals surface area contributed by atoms with Crippen LogP contribution in [0.4, 0.5) is 0 Å². The lowest BCUT2D eigenvalue weighted by Crippen LogP contribution is -2.50. The average molecular weight is 379 g/mol. The highest BCUT2D eigenvalue weighted by molar-refractivity contribution is 7.80. The van der Waals surface area contributed by atoms with Crippen molar-refractivity contribution in [1.82, 2.24) is 15.5 Å². The molecule has 0 aromatic rings. The predicted octanol–water partition coefficient (Wildman–Crippen LogP) is -0.869. The summed E-state index contributed by atoms with van der Waals surface area (Å²) in [5, 5.41) is 23.7. The van der Waals surface area contributed by atoms with Crippen molar-refractivity contribution in [2.24, 2.45) is 11.7 Å². The fourth-order valence-electron chi connectivity index (χ4n) is 2.37. The lowest BCUT2D eigenvalue weighted by molar-refractivity contribution is -0.142. The van der Waals surface area contributed by atoms with E-state index in [-0.39, 0.29) is 37.6 Å². The van der Waals surface area contributed by atoms with Crippen LogP contribution in [0.1, 0.15) is 26.7 Å². The van der Waals surface area contributed by atoms with E-state index >= 15 is 0 Å². The summed E-state index contributed by atoms with van der Waals surface area (Å²) in [6, 6.07) is -0.928. The molecule has 0 radical (unpaired) electrons. The van der Waals surface area contributed by atoms with E-state index in [2.05, 4.69) is 37.1 Å². The molecule has 0 rings (SSSR count). The molecule has 0 saturated carbocycles. The van der Waals surface area contributed by atoms with Gasteiger partial charge in [0.25, 0.3) is 0 Å². The second kappa shape index (κ2) is 13.3. The summed E-state index contributed by atoms with van der Waals surface area (Å²) < 4.78 is 0. The minimum Gasteiger partial charge on any atom is -0.480 e. The molecule has 0 heterocycles. The van der Waals surface area contributed by atoms with Gasteiger partial charge in [-0.1, -0.05) is 20.3 Å². The maximum Gasteiger partial charge on any atom is 0.326 e. The van der Waals surface area contributed by atoms with Crippen molar-refractivity contribution in [1.29, 1.82) is 0 Å². The number of carbonyl (C=O) groups excluding carboxylic acids is 1. The number of aliphatic hydroxyl groups excluding tert-OH is 1. The zero-order valence-electron chi connectivity index (χ0n) is 15.4. The number of aliphatic hydroxyl groups is 1. The van der Waals surface area contributed by atoms with Crippen molar-refractivity contribution in [2.45, 2.75) is 44.8 Å². The Hall–Kier alpha value is -0.870. The van der Waals surface area contributed by atoms with Crippen LogP contribution in [0.15, 0.2) is 0 Å². The second-order valence-corrected chi connectivity index (χ2v) is 6.88. The Morgan fingerprint density at radius 2 is 2.00 bits per heavy atom. The molecule has 0 fully saturated rings. The smallest absolute Gasteiger partial charge is 0.326 e. The molecule has 6 N–H and O–H groups in total. The highest BCUT2D eigenvalue weighted by atomic mass is 32.1. The number of carboxylic acid groups (broad SMARTS) is 1. The van der Waals surface area contributed by atoms with Gasteiger partial charge in [0.2, 0.25) is 5.91 Å². The molecular formula is C16H34N4O4S. The van der Waals surface area contributed by atoms with Gasteiger partial charge in [0.1, 0.15) is 6.04 Å². The van der Waals surface area contributed by atoms with Crippen molar-refractivity contribution in [3.63, 3.8) is 0 Å². The van der Waals surface area contributed by atoms with E-state index in [0.29, 0.717) is 24.8 Å². The number of hydrogen-bond donors (Lipinski definition) is 6. The molecule has 0 bridgehead atoms. The number of rotatable bonds is 14. The van der Waals surface area contributed by atoms with Crippen molar-refractivity contribution in [3.05, 3.63) is 0 Å². The summed E-state index contributed by atoms with van der Waals surface area (Å²) in [6.07, 6.45) is 0.981. The van der Waals surface area contributed by atoms with E-state index in [4.69, 9.17) is 15.9 Å². The lowest BCUT2D eigenvalue weighted by atomic mass is 9.98. The molecule has 0 aliphatic rings. The van der Waals surface area contributed by atoms with Crippen molar-refractivity contribution in [2.75, 3.05) is 39.0 Å². The monoisotopic (exact) mass is 378 g/mol. The Labute approximate surface area is 155 Å². The summed E-state index contributed by atoms with van der Waals surface area (Å²) in [5.41, 5.74) is 5.89. The van der Waals surface area contributed by atoms with Gasteiger partial charge in [-0.25, -0.2) is 4.79 Å².